The molecule has 1 amide bonds. The minimum atomic E-state index is -3.72. The van der Waals surface area contributed by atoms with Gasteiger partial charge in [0.15, 0.2) is 0 Å². The summed E-state index contributed by atoms with van der Waals surface area (Å²) < 4.78 is 33.3. The number of carbonyl (C=O) groups is 1. The van der Waals surface area contributed by atoms with Gasteiger partial charge in [0.2, 0.25) is 10.0 Å². The highest BCUT2D eigenvalue weighted by Crippen LogP contribution is 2.19. The molecule has 7 heteroatoms. The minimum Gasteiger partial charge on any atom is -0.378 e. The van der Waals surface area contributed by atoms with Gasteiger partial charge in [-0.05, 0) is 30.2 Å². The van der Waals surface area contributed by atoms with E-state index in [9.17, 15) is 13.2 Å². The standard InChI is InChI=1S/C19H22N2O4S/c1-15-7-8-17(19(22)21-9-11-25-12-10-21)13-18(15)26(23,24)20-14-16-5-3-2-4-6-16/h2-8,13,20H,9-12,14H2,1H3. The molecule has 3 rings (SSSR count). The molecular formula is C19H22N2O4S. The number of rotatable bonds is 5. The first-order valence-corrected chi connectivity index (χ1v) is 9.97. The van der Waals surface area contributed by atoms with Crippen molar-refractivity contribution in [3.63, 3.8) is 0 Å². The van der Waals surface area contributed by atoms with Gasteiger partial charge in [-0.1, -0.05) is 36.4 Å². The molecule has 1 aliphatic heterocycles. The Kier molecular flexibility index (Phi) is 5.70. The lowest BCUT2D eigenvalue weighted by Gasteiger charge is -2.27. The third-order valence-electron chi connectivity index (χ3n) is 4.33. The largest absolute Gasteiger partial charge is 0.378 e. The van der Waals surface area contributed by atoms with Crippen LogP contribution in [0.4, 0.5) is 0 Å². The first kappa shape index (κ1) is 18.6. The first-order valence-electron chi connectivity index (χ1n) is 8.48. The van der Waals surface area contributed by atoms with E-state index in [2.05, 4.69) is 4.72 Å². The van der Waals surface area contributed by atoms with Crippen molar-refractivity contribution in [3.8, 4) is 0 Å². The summed E-state index contributed by atoms with van der Waals surface area (Å²) in [6.07, 6.45) is 0. The number of carbonyl (C=O) groups excluding carboxylic acids is 1. The third kappa shape index (κ3) is 4.30. The lowest BCUT2D eigenvalue weighted by Crippen LogP contribution is -2.40. The van der Waals surface area contributed by atoms with Crippen molar-refractivity contribution < 1.29 is 17.9 Å². The Morgan fingerprint density at radius 2 is 1.81 bits per heavy atom. The molecule has 1 heterocycles. The molecule has 6 nitrogen and oxygen atoms in total. The lowest BCUT2D eigenvalue weighted by molar-refractivity contribution is 0.0302. The van der Waals surface area contributed by atoms with Gasteiger partial charge in [0.1, 0.15) is 0 Å². The summed E-state index contributed by atoms with van der Waals surface area (Å²) in [6.45, 7) is 3.95. The van der Waals surface area contributed by atoms with Crippen molar-refractivity contribution in [1.29, 1.82) is 0 Å². The fraction of sp³-hybridized carbons (Fsp3) is 0.316. The van der Waals surface area contributed by atoms with Crippen LogP contribution in [-0.4, -0.2) is 45.5 Å². The first-order chi connectivity index (χ1) is 12.5. The summed E-state index contributed by atoms with van der Waals surface area (Å²) >= 11 is 0. The number of hydrogen-bond acceptors (Lipinski definition) is 4. The molecule has 0 radical (unpaired) electrons. The summed E-state index contributed by atoms with van der Waals surface area (Å²) in [5.74, 6) is -0.173. The van der Waals surface area contributed by atoms with Crippen LogP contribution in [0.25, 0.3) is 0 Å². The maximum absolute atomic E-state index is 12.7. The number of aryl methyl sites for hydroxylation is 1. The number of ether oxygens (including phenoxy) is 1. The molecule has 1 N–H and O–H groups in total. The Hall–Kier alpha value is -2.22. The second-order valence-electron chi connectivity index (χ2n) is 6.19. The number of nitrogens with one attached hydrogen (secondary N) is 1. The van der Waals surface area contributed by atoms with E-state index in [-0.39, 0.29) is 17.3 Å². The van der Waals surface area contributed by atoms with Gasteiger partial charge in [0.25, 0.3) is 5.91 Å². The maximum Gasteiger partial charge on any atom is 0.254 e. The molecule has 0 atom stereocenters. The van der Waals surface area contributed by atoms with Gasteiger partial charge in [-0.2, -0.15) is 0 Å². The van der Waals surface area contributed by atoms with Crippen LogP contribution in [0.3, 0.4) is 0 Å². The molecule has 2 aromatic carbocycles. The fourth-order valence-corrected chi connectivity index (χ4v) is 4.11. The van der Waals surface area contributed by atoms with Gasteiger partial charge in [-0.25, -0.2) is 13.1 Å². The van der Waals surface area contributed by atoms with E-state index in [0.717, 1.165) is 5.56 Å². The molecule has 0 aliphatic carbocycles. The Morgan fingerprint density at radius 1 is 1.12 bits per heavy atom. The molecule has 1 saturated heterocycles. The molecule has 138 valence electrons. The average molecular weight is 374 g/mol. The number of benzene rings is 2. The van der Waals surface area contributed by atoms with Gasteiger partial charge >= 0.3 is 0 Å². The summed E-state index contributed by atoms with van der Waals surface area (Å²) in [5.41, 5.74) is 1.84. The number of morpholine rings is 1. The number of hydrogen-bond donors (Lipinski definition) is 1. The number of sulfonamides is 1. The smallest absolute Gasteiger partial charge is 0.254 e. The van der Waals surface area contributed by atoms with Crippen molar-refractivity contribution >= 4 is 15.9 Å². The zero-order valence-electron chi connectivity index (χ0n) is 14.6. The molecule has 1 fully saturated rings. The average Bonchev–Trinajstić information content (AvgIpc) is 2.68. The van der Waals surface area contributed by atoms with Gasteiger partial charge in [0, 0.05) is 25.2 Å². The zero-order chi connectivity index (χ0) is 18.6. The van der Waals surface area contributed by atoms with Crippen LogP contribution >= 0.6 is 0 Å². The SMILES string of the molecule is Cc1ccc(C(=O)N2CCOCC2)cc1S(=O)(=O)NCc1ccccc1. The molecule has 1 aliphatic rings. The molecule has 2 aromatic rings. The Balaban J connectivity index is 1.81. The number of amides is 1. The van der Waals surface area contributed by atoms with E-state index in [0.29, 0.717) is 37.4 Å². The van der Waals surface area contributed by atoms with Gasteiger partial charge in [-0.3, -0.25) is 4.79 Å². The normalized spacial score (nSPS) is 15.0. The molecule has 0 spiro atoms. The van der Waals surface area contributed by atoms with E-state index in [4.69, 9.17) is 4.74 Å². The van der Waals surface area contributed by atoms with Crippen LogP contribution in [-0.2, 0) is 21.3 Å². The molecule has 0 unspecified atom stereocenters. The zero-order valence-corrected chi connectivity index (χ0v) is 15.5. The highest BCUT2D eigenvalue weighted by molar-refractivity contribution is 7.89. The second kappa shape index (κ2) is 7.99. The predicted molar refractivity (Wildman–Crippen MR) is 98.4 cm³/mol. The van der Waals surface area contributed by atoms with E-state index >= 15 is 0 Å². The molecule has 0 aromatic heterocycles. The third-order valence-corrected chi connectivity index (χ3v) is 5.88. The van der Waals surface area contributed by atoms with E-state index in [1.165, 1.54) is 6.07 Å². The van der Waals surface area contributed by atoms with E-state index < -0.39 is 10.0 Å². The summed E-state index contributed by atoms with van der Waals surface area (Å²) in [6, 6.07) is 14.1. The Bertz CT molecular complexity index is 876. The van der Waals surface area contributed by atoms with Crippen molar-refractivity contribution in [3.05, 3.63) is 65.2 Å². The van der Waals surface area contributed by atoms with Crippen molar-refractivity contribution in [2.45, 2.75) is 18.4 Å². The monoisotopic (exact) mass is 374 g/mol. The minimum absolute atomic E-state index is 0.132. The summed E-state index contributed by atoms with van der Waals surface area (Å²) in [4.78, 5) is 14.4. The van der Waals surface area contributed by atoms with Crippen molar-refractivity contribution in [1.82, 2.24) is 9.62 Å². The van der Waals surface area contributed by atoms with Crippen molar-refractivity contribution in [2.24, 2.45) is 0 Å². The fourth-order valence-electron chi connectivity index (χ4n) is 2.82. The summed E-state index contributed by atoms with van der Waals surface area (Å²) in [5, 5.41) is 0. The van der Waals surface area contributed by atoms with Crippen LogP contribution in [0.1, 0.15) is 21.5 Å². The molecular weight excluding hydrogens is 352 g/mol. The highest BCUT2D eigenvalue weighted by atomic mass is 32.2. The molecule has 0 saturated carbocycles. The second-order valence-corrected chi connectivity index (χ2v) is 7.93. The quantitative estimate of drug-likeness (QED) is 0.868. The van der Waals surface area contributed by atoms with Gasteiger partial charge in [-0.15, -0.1) is 0 Å². The van der Waals surface area contributed by atoms with Crippen LogP contribution in [0.2, 0.25) is 0 Å². The topological polar surface area (TPSA) is 75.7 Å². The van der Waals surface area contributed by atoms with Crippen LogP contribution < -0.4 is 4.72 Å². The molecule has 0 bridgehead atoms. The maximum atomic E-state index is 12.7. The number of nitrogens with zero attached hydrogens (tertiary/aromatic N) is 1. The molecule has 26 heavy (non-hydrogen) atoms. The Labute approximate surface area is 153 Å². The highest BCUT2D eigenvalue weighted by Gasteiger charge is 2.22. The van der Waals surface area contributed by atoms with Gasteiger partial charge < -0.3 is 9.64 Å². The van der Waals surface area contributed by atoms with Crippen molar-refractivity contribution in [2.75, 3.05) is 26.3 Å². The Morgan fingerprint density at radius 3 is 2.50 bits per heavy atom. The predicted octanol–water partition coefficient (Wildman–Crippen LogP) is 1.95. The van der Waals surface area contributed by atoms with E-state index in [1.807, 2.05) is 30.3 Å². The summed E-state index contributed by atoms with van der Waals surface area (Å²) in [7, 11) is -3.72. The van der Waals surface area contributed by atoms with E-state index in [1.54, 1.807) is 24.0 Å². The van der Waals surface area contributed by atoms with Gasteiger partial charge in [0.05, 0.1) is 18.1 Å². The lowest BCUT2D eigenvalue weighted by atomic mass is 10.1. The van der Waals surface area contributed by atoms with Crippen LogP contribution in [0.15, 0.2) is 53.4 Å². The van der Waals surface area contributed by atoms with Crippen LogP contribution in [0.5, 0.6) is 0 Å². The van der Waals surface area contributed by atoms with Crippen LogP contribution in [0, 0.1) is 6.92 Å².